The van der Waals surface area contributed by atoms with Gasteiger partial charge in [-0.25, -0.2) is 15.0 Å². The Bertz CT molecular complexity index is 3530. The summed E-state index contributed by atoms with van der Waals surface area (Å²) in [6, 6.07) is 62.8. The number of nitrogens with zero attached hydrogens (tertiary/aromatic N) is 3. The zero-order valence-corrected chi connectivity index (χ0v) is 31.5. The minimum absolute atomic E-state index is 0.908. The predicted octanol–water partition coefficient (Wildman–Crippen LogP) is 14.7. The van der Waals surface area contributed by atoms with Crippen molar-refractivity contribution in [1.82, 2.24) is 15.0 Å². The number of fused-ring (bicyclic) bond motifs is 11. The van der Waals surface area contributed by atoms with Crippen molar-refractivity contribution in [2.75, 3.05) is 0 Å². The number of pyridine rings is 3. The largest absolute Gasteiger partial charge is 0.246 e. The van der Waals surface area contributed by atoms with Gasteiger partial charge in [0.25, 0.3) is 0 Å². The van der Waals surface area contributed by atoms with Crippen LogP contribution in [0.15, 0.2) is 176 Å². The smallest absolute Gasteiger partial charge is 0.0972 e. The van der Waals surface area contributed by atoms with Crippen molar-refractivity contribution in [3.05, 3.63) is 176 Å². The molecule has 5 aromatic heterocycles. The summed E-state index contributed by atoms with van der Waals surface area (Å²) in [7, 11) is 0. The van der Waals surface area contributed by atoms with Crippen LogP contribution in [-0.2, 0) is 0 Å². The monoisotopic (exact) mass is 747 g/mol. The van der Waals surface area contributed by atoms with Gasteiger partial charge in [-0.05, 0) is 24.3 Å². The quantitative estimate of drug-likeness (QED) is 0.168. The lowest BCUT2D eigenvalue weighted by atomic mass is 9.97. The average Bonchev–Trinajstić information content (AvgIpc) is 3.85. The molecular formula is C51H29N3S2. The molecule has 0 amide bonds. The van der Waals surface area contributed by atoms with Crippen molar-refractivity contribution in [3.8, 4) is 44.9 Å². The lowest BCUT2D eigenvalue weighted by molar-refractivity contribution is 1.36. The lowest BCUT2D eigenvalue weighted by Gasteiger charge is -2.13. The molecule has 0 atom stereocenters. The first-order valence-corrected chi connectivity index (χ1v) is 20.4. The fourth-order valence-electron chi connectivity index (χ4n) is 8.37. The van der Waals surface area contributed by atoms with E-state index in [1.54, 1.807) is 0 Å². The summed E-state index contributed by atoms with van der Waals surface area (Å²) >= 11 is 3.72. The third kappa shape index (κ3) is 4.85. The van der Waals surface area contributed by atoms with Crippen LogP contribution in [0.2, 0.25) is 0 Å². The van der Waals surface area contributed by atoms with E-state index in [0.717, 1.165) is 66.7 Å². The molecule has 56 heavy (non-hydrogen) atoms. The Hall–Kier alpha value is -6.79. The molecule has 0 saturated heterocycles. The third-order valence-corrected chi connectivity index (χ3v) is 13.5. The van der Waals surface area contributed by atoms with Gasteiger partial charge in [-0.15, -0.1) is 22.7 Å². The maximum Gasteiger partial charge on any atom is 0.0972 e. The summed E-state index contributed by atoms with van der Waals surface area (Å²) in [5, 5.41) is 8.38. The Kier molecular flexibility index (Phi) is 6.97. The van der Waals surface area contributed by atoms with Crippen LogP contribution in [-0.4, -0.2) is 15.0 Å². The second kappa shape index (κ2) is 12.4. The Morgan fingerprint density at radius 3 is 1.59 bits per heavy atom. The van der Waals surface area contributed by atoms with Gasteiger partial charge in [-0.1, -0.05) is 152 Å². The summed E-state index contributed by atoms with van der Waals surface area (Å²) < 4.78 is 5.14. The summed E-state index contributed by atoms with van der Waals surface area (Å²) in [4.78, 5) is 16.0. The Morgan fingerprint density at radius 1 is 0.321 bits per heavy atom. The normalized spacial score (nSPS) is 11.9. The summed E-state index contributed by atoms with van der Waals surface area (Å²) in [5.41, 5.74) is 11.3. The van der Waals surface area contributed by atoms with Crippen LogP contribution in [0.4, 0.5) is 0 Å². The number of hydrogen-bond donors (Lipinski definition) is 0. The lowest BCUT2D eigenvalue weighted by Crippen LogP contribution is -1.92. The second-order valence-electron chi connectivity index (χ2n) is 14.3. The molecule has 12 rings (SSSR count). The molecule has 5 heteroatoms. The Morgan fingerprint density at radius 2 is 0.857 bits per heavy atom. The van der Waals surface area contributed by atoms with E-state index in [2.05, 4.69) is 170 Å². The minimum atomic E-state index is 0.908. The minimum Gasteiger partial charge on any atom is -0.246 e. The number of hydrogen-bond acceptors (Lipinski definition) is 5. The third-order valence-electron chi connectivity index (χ3n) is 11.1. The maximum atomic E-state index is 5.63. The molecule has 0 aliphatic rings. The molecule has 5 heterocycles. The molecule has 260 valence electrons. The molecule has 0 saturated carbocycles. The molecule has 3 nitrogen and oxygen atoms in total. The number of rotatable bonds is 4. The van der Waals surface area contributed by atoms with Crippen LogP contribution in [0.1, 0.15) is 0 Å². The van der Waals surface area contributed by atoms with E-state index >= 15 is 0 Å². The fourth-order valence-corrected chi connectivity index (χ4v) is 10.8. The highest BCUT2D eigenvalue weighted by atomic mass is 32.1. The van der Waals surface area contributed by atoms with Crippen LogP contribution in [0.25, 0.3) is 118 Å². The summed E-state index contributed by atoms with van der Waals surface area (Å²) in [6.45, 7) is 0. The van der Waals surface area contributed by atoms with Gasteiger partial charge in [0.1, 0.15) is 0 Å². The van der Waals surface area contributed by atoms with Gasteiger partial charge >= 0.3 is 0 Å². The van der Waals surface area contributed by atoms with Crippen molar-refractivity contribution in [2.24, 2.45) is 0 Å². The van der Waals surface area contributed by atoms with Crippen LogP contribution in [0, 0.1) is 0 Å². The van der Waals surface area contributed by atoms with E-state index in [0.29, 0.717) is 0 Å². The predicted molar refractivity (Wildman–Crippen MR) is 240 cm³/mol. The molecule has 0 aliphatic heterocycles. The number of benzene rings is 7. The molecule has 0 spiro atoms. The number of para-hydroxylation sites is 1. The van der Waals surface area contributed by atoms with Crippen LogP contribution < -0.4 is 0 Å². The van der Waals surface area contributed by atoms with Gasteiger partial charge in [0.2, 0.25) is 0 Å². The maximum absolute atomic E-state index is 5.63. The SMILES string of the molecule is c1ccc(-c2ccc3ccc4ccc(-c5ccc(-c6nc7c(-c8cccc9c8sc8ccccc89)cccc7c7sc8ccccc8c67)cc5)nc4c3n2)cc1. The molecule has 12 aromatic rings. The van der Waals surface area contributed by atoms with E-state index in [9.17, 15) is 0 Å². The number of aromatic nitrogens is 3. The van der Waals surface area contributed by atoms with Gasteiger partial charge in [-0.3, -0.25) is 0 Å². The van der Waals surface area contributed by atoms with Crippen molar-refractivity contribution in [3.63, 3.8) is 0 Å². The van der Waals surface area contributed by atoms with Crippen LogP contribution in [0.5, 0.6) is 0 Å². The van der Waals surface area contributed by atoms with E-state index in [4.69, 9.17) is 15.0 Å². The second-order valence-corrected chi connectivity index (χ2v) is 16.4. The topological polar surface area (TPSA) is 38.7 Å². The number of thiophene rings is 2. The molecule has 0 N–H and O–H groups in total. The summed E-state index contributed by atoms with van der Waals surface area (Å²) in [6.07, 6.45) is 0. The zero-order chi connectivity index (χ0) is 36.7. The Balaban J connectivity index is 1.03. The molecule has 0 aliphatic carbocycles. The molecular weight excluding hydrogens is 719 g/mol. The molecule has 0 fully saturated rings. The van der Waals surface area contributed by atoms with Crippen LogP contribution in [0.3, 0.4) is 0 Å². The van der Waals surface area contributed by atoms with Crippen molar-refractivity contribution in [2.45, 2.75) is 0 Å². The van der Waals surface area contributed by atoms with E-state index < -0.39 is 0 Å². The fraction of sp³-hybridized carbons (Fsp3) is 0. The van der Waals surface area contributed by atoms with E-state index in [-0.39, 0.29) is 0 Å². The van der Waals surface area contributed by atoms with Gasteiger partial charge in [-0.2, -0.15) is 0 Å². The first kappa shape index (κ1) is 31.5. The van der Waals surface area contributed by atoms with Crippen molar-refractivity contribution >= 4 is 95.7 Å². The van der Waals surface area contributed by atoms with Crippen LogP contribution >= 0.6 is 22.7 Å². The molecule has 0 radical (unpaired) electrons. The van der Waals surface area contributed by atoms with Crippen molar-refractivity contribution in [1.29, 1.82) is 0 Å². The first-order chi connectivity index (χ1) is 27.7. The highest BCUT2D eigenvalue weighted by Gasteiger charge is 2.20. The summed E-state index contributed by atoms with van der Waals surface area (Å²) in [5.74, 6) is 0. The van der Waals surface area contributed by atoms with Gasteiger partial charge in [0, 0.05) is 84.3 Å². The van der Waals surface area contributed by atoms with E-state index in [1.807, 2.05) is 28.7 Å². The highest BCUT2D eigenvalue weighted by molar-refractivity contribution is 7.27. The van der Waals surface area contributed by atoms with Gasteiger partial charge in [0.05, 0.1) is 33.6 Å². The molecule has 0 unspecified atom stereocenters. The first-order valence-electron chi connectivity index (χ1n) is 18.8. The van der Waals surface area contributed by atoms with Gasteiger partial charge in [0.15, 0.2) is 0 Å². The highest BCUT2D eigenvalue weighted by Crippen LogP contribution is 2.47. The molecule has 7 aromatic carbocycles. The van der Waals surface area contributed by atoms with Crippen molar-refractivity contribution < 1.29 is 0 Å². The average molecular weight is 748 g/mol. The van der Waals surface area contributed by atoms with Gasteiger partial charge < -0.3 is 0 Å². The van der Waals surface area contributed by atoms with E-state index in [1.165, 1.54) is 51.3 Å². The standard InChI is InChI=1S/C51H29N3S2/c1-2-10-30(11-3-1)41-28-26-33-24-25-34-27-29-42(53-48(34)47(33)52-41)31-20-22-32(23-21-31)46-45-39-13-5-7-19-44(39)56-51(45)40-17-8-14-36(49(40)54-46)38-16-9-15-37-35-12-4-6-18-43(35)55-50(37)38/h1-29H. The Labute approximate surface area is 329 Å². The molecule has 0 bridgehead atoms. The zero-order valence-electron chi connectivity index (χ0n) is 29.9.